The number of hydrogen-bond acceptors (Lipinski definition) is 2. The normalized spacial score (nSPS) is 12.4. The van der Waals surface area contributed by atoms with Crippen LogP contribution in [0.4, 0.5) is 18.9 Å². The van der Waals surface area contributed by atoms with Crippen molar-refractivity contribution < 1.29 is 22.8 Å². The molecule has 2 rings (SSSR count). The zero-order chi connectivity index (χ0) is 20.2. The number of carbonyl (C=O) groups is 2. The Morgan fingerprint density at radius 2 is 1.70 bits per heavy atom. The van der Waals surface area contributed by atoms with Crippen molar-refractivity contribution in [1.29, 1.82) is 0 Å². The van der Waals surface area contributed by atoms with Gasteiger partial charge in [-0.15, -0.1) is 0 Å². The van der Waals surface area contributed by atoms with Crippen molar-refractivity contribution in [3.8, 4) is 0 Å². The summed E-state index contributed by atoms with van der Waals surface area (Å²) in [5, 5.41) is 5.11. The van der Waals surface area contributed by atoms with E-state index in [0.29, 0.717) is 0 Å². The molecule has 27 heavy (non-hydrogen) atoms. The summed E-state index contributed by atoms with van der Waals surface area (Å²) < 4.78 is 38.5. The van der Waals surface area contributed by atoms with E-state index in [2.05, 4.69) is 10.6 Å². The van der Waals surface area contributed by atoms with E-state index < -0.39 is 17.6 Å². The first-order valence-electron chi connectivity index (χ1n) is 8.20. The number of halogens is 4. The van der Waals surface area contributed by atoms with Crippen molar-refractivity contribution in [3.63, 3.8) is 0 Å². The third-order valence-electron chi connectivity index (χ3n) is 3.92. The molecule has 0 aliphatic heterocycles. The number of amides is 2. The number of hydrogen-bond donors (Lipinski definition) is 2. The summed E-state index contributed by atoms with van der Waals surface area (Å²) >= 11 is 5.89. The van der Waals surface area contributed by atoms with Crippen LogP contribution in [-0.2, 0) is 6.18 Å². The minimum Gasteiger partial charge on any atom is -0.350 e. The van der Waals surface area contributed by atoms with Crippen LogP contribution in [0.5, 0.6) is 0 Å². The summed E-state index contributed by atoms with van der Waals surface area (Å²) in [6.45, 7) is 3.78. The Morgan fingerprint density at radius 1 is 1.07 bits per heavy atom. The number of anilines is 1. The Labute approximate surface area is 159 Å². The Balaban J connectivity index is 2.22. The number of benzene rings is 2. The first-order valence-corrected chi connectivity index (χ1v) is 8.58. The van der Waals surface area contributed by atoms with E-state index in [1.807, 2.05) is 13.8 Å². The summed E-state index contributed by atoms with van der Waals surface area (Å²) in [4.78, 5) is 24.6. The molecule has 2 aromatic rings. The molecule has 0 spiro atoms. The fraction of sp³-hybridized carbons (Fsp3) is 0.263. The number of carbonyl (C=O) groups excluding carboxylic acids is 2. The molecular weight excluding hydrogens is 381 g/mol. The van der Waals surface area contributed by atoms with Gasteiger partial charge in [0, 0.05) is 17.2 Å². The van der Waals surface area contributed by atoms with Crippen molar-refractivity contribution >= 4 is 29.1 Å². The highest BCUT2D eigenvalue weighted by Crippen LogP contribution is 2.34. The molecule has 0 radical (unpaired) electrons. The summed E-state index contributed by atoms with van der Waals surface area (Å²) in [6, 6.07) is 8.53. The van der Waals surface area contributed by atoms with Crippen LogP contribution in [0.1, 0.15) is 46.5 Å². The van der Waals surface area contributed by atoms with E-state index in [-0.39, 0.29) is 33.8 Å². The topological polar surface area (TPSA) is 58.2 Å². The van der Waals surface area contributed by atoms with E-state index in [1.54, 1.807) is 6.07 Å². The Morgan fingerprint density at radius 3 is 2.30 bits per heavy atom. The van der Waals surface area contributed by atoms with Crippen molar-refractivity contribution in [2.45, 2.75) is 32.5 Å². The third kappa shape index (κ3) is 5.47. The molecule has 0 aliphatic carbocycles. The second kappa shape index (κ2) is 8.43. The zero-order valence-corrected chi connectivity index (χ0v) is 15.4. The van der Waals surface area contributed by atoms with Crippen molar-refractivity contribution in [2.24, 2.45) is 0 Å². The zero-order valence-electron chi connectivity index (χ0n) is 14.7. The Hall–Kier alpha value is -2.54. The lowest BCUT2D eigenvalue weighted by Crippen LogP contribution is -2.32. The molecule has 1 atom stereocenters. The molecule has 4 nitrogen and oxygen atoms in total. The van der Waals surface area contributed by atoms with Crippen LogP contribution in [0.3, 0.4) is 0 Å². The van der Waals surface area contributed by atoms with Gasteiger partial charge in [-0.05, 0) is 49.7 Å². The summed E-state index contributed by atoms with van der Waals surface area (Å²) in [5.74, 6) is -1.01. The maximum atomic E-state index is 12.8. The predicted molar refractivity (Wildman–Crippen MR) is 98.1 cm³/mol. The van der Waals surface area contributed by atoms with E-state index in [1.165, 1.54) is 18.2 Å². The van der Waals surface area contributed by atoms with Gasteiger partial charge in [0.1, 0.15) is 0 Å². The van der Waals surface area contributed by atoms with Gasteiger partial charge in [0.15, 0.2) is 0 Å². The number of alkyl halides is 3. The van der Waals surface area contributed by atoms with Crippen LogP contribution in [0.2, 0.25) is 5.02 Å². The summed E-state index contributed by atoms with van der Waals surface area (Å²) in [5.41, 5.74) is -0.687. The van der Waals surface area contributed by atoms with Gasteiger partial charge in [0.2, 0.25) is 0 Å². The summed E-state index contributed by atoms with van der Waals surface area (Å²) in [6.07, 6.45) is -3.81. The second-order valence-electron chi connectivity index (χ2n) is 6.01. The van der Waals surface area contributed by atoms with Crippen LogP contribution in [0.25, 0.3) is 0 Å². The highest BCUT2D eigenvalue weighted by molar-refractivity contribution is 6.34. The maximum Gasteiger partial charge on any atom is 0.416 e. The molecule has 2 amide bonds. The first-order chi connectivity index (χ1) is 12.6. The lowest BCUT2D eigenvalue weighted by atomic mass is 10.1. The lowest BCUT2D eigenvalue weighted by Gasteiger charge is -2.13. The van der Waals surface area contributed by atoms with Crippen molar-refractivity contribution in [2.75, 3.05) is 5.32 Å². The number of nitrogens with one attached hydrogen (secondary N) is 2. The molecule has 0 fully saturated rings. The molecule has 0 saturated heterocycles. The Bertz CT molecular complexity index is 853. The third-order valence-corrected chi connectivity index (χ3v) is 4.25. The molecule has 2 aromatic carbocycles. The molecule has 0 aliphatic rings. The smallest absolute Gasteiger partial charge is 0.350 e. The molecule has 0 saturated carbocycles. The molecule has 2 N–H and O–H groups in total. The van der Waals surface area contributed by atoms with Crippen LogP contribution >= 0.6 is 11.6 Å². The molecule has 8 heteroatoms. The molecule has 0 bridgehead atoms. The van der Waals surface area contributed by atoms with E-state index in [9.17, 15) is 22.8 Å². The van der Waals surface area contributed by atoms with Crippen molar-refractivity contribution in [3.05, 3.63) is 64.2 Å². The second-order valence-corrected chi connectivity index (χ2v) is 6.42. The fourth-order valence-corrected chi connectivity index (χ4v) is 2.37. The van der Waals surface area contributed by atoms with Gasteiger partial charge in [0.05, 0.1) is 16.3 Å². The van der Waals surface area contributed by atoms with E-state index in [4.69, 9.17) is 11.6 Å². The van der Waals surface area contributed by atoms with Gasteiger partial charge in [-0.25, -0.2) is 0 Å². The van der Waals surface area contributed by atoms with E-state index >= 15 is 0 Å². The predicted octanol–water partition coefficient (Wildman–Crippen LogP) is 5.14. The average Bonchev–Trinajstić information content (AvgIpc) is 2.62. The largest absolute Gasteiger partial charge is 0.416 e. The Kier molecular flexibility index (Phi) is 6.49. The standard InChI is InChI=1S/C19H18ClF3N2O2/c1-3-11(2)24-17(26)12-5-4-6-13(9-12)18(27)25-16-10-14(19(21,22)23)7-8-15(16)20/h4-11H,3H2,1-2H3,(H,24,26)(H,25,27). The monoisotopic (exact) mass is 398 g/mol. The van der Waals surface area contributed by atoms with Crippen LogP contribution in [0.15, 0.2) is 42.5 Å². The fourth-order valence-electron chi connectivity index (χ4n) is 2.20. The minimum absolute atomic E-state index is 0.0259. The highest BCUT2D eigenvalue weighted by atomic mass is 35.5. The van der Waals surface area contributed by atoms with Gasteiger partial charge in [0.25, 0.3) is 11.8 Å². The maximum absolute atomic E-state index is 12.8. The van der Waals surface area contributed by atoms with Gasteiger partial charge >= 0.3 is 6.18 Å². The highest BCUT2D eigenvalue weighted by Gasteiger charge is 2.31. The van der Waals surface area contributed by atoms with Gasteiger partial charge < -0.3 is 10.6 Å². The quantitative estimate of drug-likeness (QED) is 0.732. The number of rotatable bonds is 5. The van der Waals surface area contributed by atoms with E-state index in [0.717, 1.165) is 24.6 Å². The SMILES string of the molecule is CCC(C)NC(=O)c1cccc(C(=O)Nc2cc(C(F)(F)F)ccc2Cl)c1. The van der Waals surface area contributed by atoms with Gasteiger partial charge in [-0.3, -0.25) is 9.59 Å². The average molecular weight is 399 g/mol. The molecule has 0 heterocycles. The van der Waals surface area contributed by atoms with Crippen LogP contribution in [-0.4, -0.2) is 17.9 Å². The first kappa shape index (κ1) is 20.8. The minimum atomic E-state index is -4.56. The molecule has 0 aromatic heterocycles. The molecule has 144 valence electrons. The van der Waals surface area contributed by atoms with Crippen LogP contribution < -0.4 is 10.6 Å². The molecule has 1 unspecified atom stereocenters. The van der Waals surface area contributed by atoms with Gasteiger partial charge in [-0.1, -0.05) is 24.6 Å². The summed E-state index contributed by atoms with van der Waals surface area (Å²) in [7, 11) is 0. The lowest BCUT2D eigenvalue weighted by molar-refractivity contribution is -0.137. The van der Waals surface area contributed by atoms with Crippen LogP contribution in [0, 0.1) is 0 Å². The molecular formula is C19H18ClF3N2O2. The van der Waals surface area contributed by atoms with Gasteiger partial charge in [-0.2, -0.15) is 13.2 Å². The van der Waals surface area contributed by atoms with Crippen molar-refractivity contribution in [1.82, 2.24) is 5.32 Å².